The monoisotopic (exact) mass is 905 g/mol. The molecule has 0 radical (unpaired) electrons. The molecule has 0 fully saturated rings. The molecule has 0 aromatic carbocycles. The molecular weight excluding hydrogens is 793 g/mol. The number of hydrogen-bond acceptors (Lipinski definition) is 6. The van der Waals surface area contributed by atoms with Gasteiger partial charge >= 0.3 is 17.9 Å². The molecule has 64 heavy (non-hydrogen) atoms. The van der Waals surface area contributed by atoms with Crippen LogP contribution in [0.4, 0.5) is 0 Å². The molecule has 0 aliphatic rings. The molecule has 380 valence electrons. The number of ether oxygens (including phenoxy) is 3. The van der Waals surface area contributed by atoms with Gasteiger partial charge in [0.15, 0.2) is 6.10 Å². The molecule has 0 amide bonds. The molecule has 0 unspecified atom stereocenters. The van der Waals surface area contributed by atoms with Crippen LogP contribution in [0.15, 0.2) is 0 Å². The highest BCUT2D eigenvalue weighted by atomic mass is 16.6. The van der Waals surface area contributed by atoms with E-state index in [1.54, 1.807) is 0 Å². The van der Waals surface area contributed by atoms with Gasteiger partial charge in [-0.1, -0.05) is 285 Å². The van der Waals surface area contributed by atoms with Crippen LogP contribution in [0.1, 0.15) is 324 Å². The van der Waals surface area contributed by atoms with Crippen molar-refractivity contribution < 1.29 is 28.6 Å². The van der Waals surface area contributed by atoms with Crippen LogP contribution in [0.25, 0.3) is 0 Å². The van der Waals surface area contributed by atoms with Gasteiger partial charge in [0.2, 0.25) is 0 Å². The van der Waals surface area contributed by atoms with E-state index in [9.17, 15) is 14.4 Å². The molecule has 0 N–H and O–H groups in total. The van der Waals surface area contributed by atoms with E-state index in [-0.39, 0.29) is 31.1 Å². The molecule has 6 heteroatoms. The van der Waals surface area contributed by atoms with Gasteiger partial charge in [0.05, 0.1) is 0 Å². The van der Waals surface area contributed by atoms with E-state index < -0.39 is 6.10 Å². The molecule has 0 aromatic heterocycles. The van der Waals surface area contributed by atoms with Crippen LogP contribution in [-0.2, 0) is 28.6 Å². The second kappa shape index (κ2) is 50.8. The van der Waals surface area contributed by atoms with Crippen molar-refractivity contribution in [2.24, 2.45) is 11.8 Å². The van der Waals surface area contributed by atoms with Crippen LogP contribution >= 0.6 is 0 Å². The van der Waals surface area contributed by atoms with E-state index in [4.69, 9.17) is 14.2 Å². The first-order chi connectivity index (χ1) is 31.2. The van der Waals surface area contributed by atoms with E-state index in [1.165, 1.54) is 212 Å². The molecule has 0 rings (SSSR count). The first-order valence-electron chi connectivity index (χ1n) is 28.7. The van der Waals surface area contributed by atoms with Crippen LogP contribution in [-0.4, -0.2) is 37.2 Å². The van der Waals surface area contributed by atoms with Crippen LogP contribution < -0.4 is 0 Å². The second-order valence-corrected chi connectivity index (χ2v) is 20.9. The lowest BCUT2D eigenvalue weighted by atomic mass is 10.0. The van der Waals surface area contributed by atoms with Crippen molar-refractivity contribution in [3.63, 3.8) is 0 Å². The van der Waals surface area contributed by atoms with E-state index in [0.29, 0.717) is 19.3 Å². The lowest BCUT2D eigenvalue weighted by Crippen LogP contribution is -2.30. The van der Waals surface area contributed by atoms with Crippen molar-refractivity contribution in [2.45, 2.75) is 330 Å². The number of carbonyl (C=O) groups excluding carboxylic acids is 3. The zero-order chi connectivity index (χ0) is 46.8. The molecule has 0 aliphatic heterocycles. The minimum absolute atomic E-state index is 0.0633. The molecular formula is C58H112O6. The smallest absolute Gasteiger partial charge is 0.306 e. The number of rotatable bonds is 52. The predicted octanol–water partition coefficient (Wildman–Crippen LogP) is 18.9. The summed E-state index contributed by atoms with van der Waals surface area (Å²) < 4.78 is 16.9. The fraction of sp³-hybridized carbons (Fsp3) is 0.948. The van der Waals surface area contributed by atoms with Gasteiger partial charge in [-0.05, 0) is 31.1 Å². The Labute approximate surface area is 399 Å². The maximum Gasteiger partial charge on any atom is 0.306 e. The SMILES string of the molecule is CCCCCCCCCCCCCCCCCC(=O)O[C@@H](COC(=O)CCCCCCCCCCCCCCCCCCCCC(C)C)COC(=O)CCCCCCCCCC(C)C. The summed E-state index contributed by atoms with van der Waals surface area (Å²) in [5.41, 5.74) is 0. The lowest BCUT2D eigenvalue weighted by Gasteiger charge is -2.18. The highest BCUT2D eigenvalue weighted by Crippen LogP contribution is 2.18. The average Bonchev–Trinajstić information content (AvgIpc) is 3.27. The maximum absolute atomic E-state index is 12.8. The Kier molecular flexibility index (Phi) is 49.6. The summed E-state index contributed by atoms with van der Waals surface area (Å²) in [5.74, 6) is 0.797. The normalized spacial score (nSPS) is 12.0. The second-order valence-electron chi connectivity index (χ2n) is 20.9. The quantitative estimate of drug-likeness (QED) is 0.0344. The van der Waals surface area contributed by atoms with Crippen molar-refractivity contribution >= 4 is 17.9 Å². The Morgan fingerprint density at radius 1 is 0.297 bits per heavy atom. The van der Waals surface area contributed by atoms with Crippen molar-refractivity contribution in [3.8, 4) is 0 Å². The fourth-order valence-corrected chi connectivity index (χ4v) is 8.87. The van der Waals surface area contributed by atoms with Gasteiger partial charge in [-0.15, -0.1) is 0 Å². The molecule has 6 nitrogen and oxygen atoms in total. The fourth-order valence-electron chi connectivity index (χ4n) is 8.87. The van der Waals surface area contributed by atoms with Crippen LogP contribution in [0.2, 0.25) is 0 Å². The first kappa shape index (κ1) is 62.4. The molecule has 0 aromatic rings. The summed E-state index contributed by atoms with van der Waals surface area (Å²) >= 11 is 0. The average molecular weight is 906 g/mol. The number of unbranched alkanes of at least 4 members (excludes halogenated alkanes) is 37. The molecule has 1 atom stereocenters. The lowest BCUT2D eigenvalue weighted by molar-refractivity contribution is -0.167. The van der Waals surface area contributed by atoms with Crippen LogP contribution in [0.3, 0.4) is 0 Å². The Morgan fingerprint density at radius 3 is 0.766 bits per heavy atom. The summed E-state index contributed by atoms with van der Waals surface area (Å²) in [5, 5.41) is 0. The summed E-state index contributed by atoms with van der Waals surface area (Å²) in [6.07, 6.45) is 53.9. The predicted molar refractivity (Wildman–Crippen MR) is 275 cm³/mol. The maximum atomic E-state index is 12.8. The van der Waals surface area contributed by atoms with E-state index in [0.717, 1.165) is 69.6 Å². The molecule has 0 spiro atoms. The highest BCUT2D eigenvalue weighted by molar-refractivity contribution is 5.71. The minimum atomic E-state index is -0.762. The number of esters is 3. The Morgan fingerprint density at radius 2 is 0.516 bits per heavy atom. The summed E-state index contributed by atoms with van der Waals surface area (Å²) in [6, 6.07) is 0. The van der Waals surface area contributed by atoms with Gasteiger partial charge in [-0.25, -0.2) is 0 Å². The molecule has 0 bridgehead atoms. The third kappa shape index (κ3) is 51.4. The van der Waals surface area contributed by atoms with Crippen molar-refractivity contribution in [1.82, 2.24) is 0 Å². The highest BCUT2D eigenvalue weighted by Gasteiger charge is 2.19. The van der Waals surface area contributed by atoms with Gasteiger partial charge in [0.1, 0.15) is 13.2 Å². The molecule has 0 aliphatic carbocycles. The van der Waals surface area contributed by atoms with Crippen molar-refractivity contribution in [3.05, 3.63) is 0 Å². The van der Waals surface area contributed by atoms with Crippen molar-refractivity contribution in [1.29, 1.82) is 0 Å². The Balaban J connectivity index is 4.20. The topological polar surface area (TPSA) is 78.9 Å². The standard InChI is InChI=1S/C58H112O6/c1-6-7-8-9-10-11-12-13-18-23-26-29-34-40-45-50-58(61)64-55(52-63-57(60)49-44-39-35-30-32-37-42-47-54(4)5)51-62-56(59)48-43-38-33-28-25-22-20-17-15-14-16-19-21-24-27-31-36-41-46-53(2)3/h53-55H,6-52H2,1-5H3/t55-/m0/s1. The van der Waals surface area contributed by atoms with Gasteiger partial charge in [0.25, 0.3) is 0 Å². The van der Waals surface area contributed by atoms with Gasteiger partial charge in [0, 0.05) is 19.3 Å². The molecule has 0 saturated carbocycles. The summed E-state index contributed by atoms with van der Waals surface area (Å²) in [6.45, 7) is 11.4. The molecule has 0 heterocycles. The van der Waals surface area contributed by atoms with E-state index in [2.05, 4.69) is 34.6 Å². The summed E-state index contributed by atoms with van der Waals surface area (Å²) in [4.78, 5) is 38.0. The Hall–Kier alpha value is -1.59. The summed E-state index contributed by atoms with van der Waals surface area (Å²) in [7, 11) is 0. The third-order valence-corrected chi connectivity index (χ3v) is 13.2. The van der Waals surface area contributed by atoms with E-state index in [1.807, 2.05) is 0 Å². The van der Waals surface area contributed by atoms with E-state index >= 15 is 0 Å². The zero-order valence-corrected chi connectivity index (χ0v) is 43.9. The third-order valence-electron chi connectivity index (χ3n) is 13.2. The van der Waals surface area contributed by atoms with Crippen molar-refractivity contribution in [2.75, 3.05) is 13.2 Å². The molecule has 0 saturated heterocycles. The largest absolute Gasteiger partial charge is 0.462 e. The van der Waals surface area contributed by atoms with Crippen LogP contribution in [0, 0.1) is 11.8 Å². The van der Waals surface area contributed by atoms with Crippen LogP contribution in [0.5, 0.6) is 0 Å². The number of hydrogen-bond donors (Lipinski definition) is 0. The number of carbonyl (C=O) groups is 3. The van der Waals surface area contributed by atoms with Gasteiger partial charge in [-0.3, -0.25) is 14.4 Å². The van der Waals surface area contributed by atoms with Gasteiger partial charge in [-0.2, -0.15) is 0 Å². The Bertz CT molecular complexity index is 978. The zero-order valence-electron chi connectivity index (χ0n) is 43.9. The minimum Gasteiger partial charge on any atom is -0.462 e. The van der Waals surface area contributed by atoms with Gasteiger partial charge < -0.3 is 14.2 Å². The first-order valence-corrected chi connectivity index (χ1v) is 28.7.